The summed E-state index contributed by atoms with van der Waals surface area (Å²) in [6, 6.07) is 18.3. The van der Waals surface area contributed by atoms with Crippen LogP contribution >= 0.6 is 0 Å². The lowest BCUT2D eigenvalue weighted by Gasteiger charge is -2.54. The summed E-state index contributed by atoms with van der Waals surface area (Å²) >= 11 is 0. The molecule has 4 heteroatoms. The first kappa shape index (κ1) is 25.0. The van der Waals surface area contributed by atoms with E-state index >= 15 is 0 Å². The zero-order valence-corrected chi connectivity index (χ0v) is 25.5. The Morgan fingerprint density at radius 2 is 1.69 bits per heavy atom. The Morgan fingerprint density at radius 1 is 0.905 bits per heavy atom. The van der Waals surface area contributed by atoms with Crippen LogP contribution in [0.4, 0.5) is 11.4 Å². The van der Waals surface area contributed by atoms with E-state index in [4.69, 9.17) is 11.6 Å². The summed E-state index contributed by atoms with van der Waals surface area (Å²) in [6.07, 6.45) is 8.88. The van der Waals surface area contributed by atoms with Gasteiger partial charge in [0.05, 0.1) is 17.1 Å². The average Bonchev–Trinajstić information content (AvgIpc) is 3.78. The maximum absolute atomic E-state index is 5.60. The van der Waals surface area contributed by atoms with Gasteiger partial charge >= 0.3 is 0 Å². The van der Waals surface area contributed by atoms with Gasteiger partial charge in [0.2, 0.25) is 0 Å². The number of hydrogen-bond acceptors (Lipinski definition) is 4. The molecule has 2 aliphatic carbocycles. The molecule has 8 aliphatic rings. The fourth-order valence-corrected chi connectivity index (χ4v) is 12.7. The fourth-order valence-electron chi connectivity index (χ4n) is 12.7. The van der Waals surface area contributed by atoms with Gasteiger partial charge in [-0.05, 0) is 91.6 Å². The zero-order valence-electron chi connectivity index (χ0n) is 25.5. The van der Waals surface area contributed by atoms with Crippen LogP contribution in [-0.4, -0.2) is 59.8 Å². The van der Waals surface area contributed by atoms with Crippen molar-refractivity contribution >= 4 is 17.1 Å². The molecule has 218 valence electrons. The van der Waals surface area contributed by atoms with Crippen molar-refractivity contribution in [3.05, 3.63) is 71.3 Å². The van der Waals surface area contributed by atoms with Crippen molar-refractivity contribution in [2.45, 2.75) is 87.7 Å². The first-order valence-electron chi connectivity index (χ1n) is 17.3. The lowest BCUT2D eigenvalue weighted by atomic mass is 9.54. The van der Waals surface area contributed by atoms with E-state index in [0.717, 1.165) is 24.2 Å². The molecule has 4 bridgehead atoms. The first-order chi connectivity index (χ1) is 20.6. The number of aliphatic imine (C=N–C) groups is 1. The van der Waals surface area contributed by atoms with Gasteiger partial charge in [-0.1, -0.05) is 75.2 Å². The van der Waals surface area contributed by atoms with Crippen molar-refractivity contribution in [1.29, 1.82) is 0 Å². The molecule has 2 saturated carbocycles. The van der Waals surface area contributed by atoms with Gasteiger partial charge in [0, 0.05) is 47.9 Å². The summed E-state index contributed by atoms with van der Waals surface area (Å²) in [5, 5.41) is 4.25. The van der Waals surface area contributed by atoms with Crippen molar-refractivity contribution < 1.29 is 0 Å². The van der Waals surface area contributed by atoms with E-state index in [1.807, 2.05) is 0 Å². The van der Waals surface area contributed by atoms with Gasteiger partial charge in [-0.3, -0.25) is 14.8 Å². The van der Waals surface area contributed by atoms with Crippen LogP contribution in [0.5, 0.6) is 0 Å². The van der Waals surface area contributed by atoms with Crippen molar-refractivity contribution in [3.63, 3.8) is 0 Å². The molecule has 2 aromatic carbocycles. The highest BCUT2D eigenvalue weighted by atomic mass is 15.2. The molecule has 4 nitrogen and oxygen atoms in total. The molecule has 10 rings (SSSR count). The Bertz CT molecular complexity index is 1540. The topological polar surface area (TPSA) is 30.9 Å². The number of benzene rings is 2. The summed E-state index contributed by atoms with van der Waals surface area (Å²) in [4.78, 5) is 11.3. The molecule has 6 aliphatic heterocycles. The van der Waals surface area contributed by atoms with Gasteiger partial charge in [-0.2, -0.15) is 0 Å². The number of piperidine rings is 2. The van der Waals surface area contributed by atoms with Crippen LogP contribution in [-0.2, 0) is 17.3 Å². The Morgan fingerprint density at radius 3 is 2.57 bits per heavy atom. The van der Waals surface area contributed by atoms with E-state index in [0.29, 0.717) is 30.0 Å². The Labute approximate surface area is 251 Å². The second-order valence-electron chi connectivity index (χ2n) is 15.4. The standard InChI is InChI=1S/C38H46N4/c1-4-23-20-41-16-14-38-30-11-8-9-25(34(30)40-35(38)22(3)26(23)18-32(38)41)17-28-27-19-33-37(13-15-42(33)21-24(27)5-2)29-10-6-7-12-31(29)39-36(28)37/h6-12,23-24,26-28,32-33,35,40H,3-5,13-21H2,1-2H3/t23-,24-,26-,27-,28+,32+,33+,35+,37-,38-/m1/s1. The summed E-state index contributed by atoms with van der Waals surface area (Å²) in [5.41, 5.74) is 10.9. The highest BCUT2D eigenvalue weighted by molar-refractivity contribution is 6.05. The number of anilines is 1. The van der Waals surface area contributed by atoms with Gasteiger partial charge in [0.25, 0.3) is 0 Å². The normalized spacial score (nSPS) is 43.9. The Hall–Kier alpha value is -2.43. The van der Waals surface area contributed by atoms with E-state index in [9.17, 15) is 0 Å². The maximum atomic E-state index is 5.60. The lowest BCUT2D eigenvalue weighted by Crippen LogP contribution is -2.61. The zero-order chi connectivity index (χ0) is 28.0. The van der Waals surface area contributed by atoms with Gasteiger partial charge in [0.15, 0.2) is 0 Å². The monoisotopic (exact) mass is 558 g/mol. The molecule has 42 heavy (non-hydrogen) atoms. The lowest BCUT2D eigenvalue weighted by molar-refractivity contribution is 0.0421. The van der Waals surface area contributed by atoms with Gasteiger partial charge in [-0.15, -0.1) is 0 Å². The van der Waals surface area contributed by atoms with Crippen LogP contribution in [0.1, 0.15) is 69.1 Å². The molecule has 1 N–H and O–H groups in total. The van der Waals surface area contributed by atoms with E-state index in [-0.39, 0.29) is 10.8 Å². The van der Waals surface area contributed by atoms with E-state index in [2.05, 4.69) is 71.4 Å². The van der Waals surface area contributed by atoms with Crippen LogP contribution in [0.3, 0.4) is 0 Å². The molecular formula is C38H46N4. The molecule has 0 unspecified atom stereocenters. The largest absolute Gasteiger partial charge is 0.377 e. The predicted octanol–water partition coefficient (Wildman–Crippen LogP) is 6.73. The first-order valence-corrected chi connectivity index (χ1v) is 17.3. The Balaban J connectivity index is 1.08. The van der Waals surface area contributed by atoms with Crippen molar-refractivity contribution in [2.75, 3.05) is 31.5 Å². The van der Waals surface area contributed by atoms with E-state index < -0.39 is 0 Å². The third kappa shape index (κ3) is 2.77. The minimum absolute atomic E-state index is 0.140. The molecule has 10 atom stereocenters. The molecule has 2 aromatic rings. The van der Waals surface area contributed by atoms with Crippen LogP contribution in [0.15, 0.2) is 59.6 Å². The number of fused-ring (bicyclic) bond motifs is 4. The second kappa shape index (κ2) is 8.39. The summed E-state index contributed by atoms with van der Waals surface area (Å²) in [5.74, 6) is 3.48. The SMILES string of the molecule is C=C1[C@H]2C[C@@H]3N(CC[C@@]34c3cccc(C[C@@H]5C6=Nc7ccccc7[C@@]67CCN6C[C@@H](CC)[C@H]5C[C@H]67)c3N[C@@H]14)C[C@H]2CC. The van der Waals surface area contributed by atoms with Crippen LogP contribution in [0.2, 0.25) is 0 Å². The minimum Gasteiger partial charge on any atom is -0.377 e. The predicted molar refractivity (Wildman–Crippen MR) is 171 cm³/mol. The molecule has 0 radical (unpaired) electrons. The van der Waals surface area contributed by atoms with E-state index in [1.54, 1.807) is 16.8 Å². The quantitative estimate of drug-likeness (QED) is 0.423. The van der Waals surface area contributed by atoms with Crippen molar-refractivity contribution in [2.24, 2.45) is 34.6 Å². The molecule has 0 aromatic heterocycles. The number of nitrogens with zero attached hydrogens (tertiary/aromatic N) is 3. The van der Waals surface area contributed by atoms with Crippen molar-refractivity contribution in [3.8, 4) is 0 Å². The van der Waals surface area contributed by atoms with Gasteiger partial charge in [0.1, 0.15) is 0 Å². The third-order valence-corrected chi connectivity index (χ3v) is 14.5. The van der Waals surface area contributed by atoms with Crippen LogP contribution in [0, 0.1) is 29.6 Å². The Kier molecular flexibility index (Phi) is 4.98. The highest BCUT2D eigenvalue weighted by Crippen LogP contribution is 2.63. The summed E-state index contributed by atoms with van der Waals surface area (Å²) in [7, 11) is 0. The number of hydrogen-bond donors (Lipinski definition) is 1. The summed E-state index contributed by atoms with van der Waals surface area (Å²) < 4.78 is 0. The second-order valence-corrected chi connectivity index (χ2v) is 15.4. The summed E-state index contributed by atoms with van der Waals surface area (Å²) in [6.45, 7) is 14.8. The molecule has 6 fully saturated rings. The number of rotatable bonds is 4. The molecule has 2 spiro atoms. The molecule has 0 amide bonds. The van der Waals surface area contributed by atoms with Crippen LogP contribution in [0.25, 0.3) is 0 Å². The fraction of sp³-hybridized carbons (Fsp3) is 0.605. The van der Waals surface area contributed by atoms with Gasteiger partial charge in [-0.25, -0.2) is 0 Å². The number of nitrogens with one attached hydrogen (secondary N) is 1. The highest BCUT2D eigenvalue weighted by Gasteiger charge is 2.66. The van der Waals surface area contributed by atoms with Gasteiger partial charge < -0.3 is 5.32 Å². The molecular weight excluding hydrogens is 512 g/mol. The maximum Gasteiger partial charge on any atom is 0.0671 e. The third-order valence-electron chi connectivity index (χ3n) is 14.5. The number of para-hydroxylation sites is 2. The van der Waals surface area contributed by atoms with Crippen molar-refractivity contribution in [1.82, 2.24) is 9.80 Å². The molecule has 4 saturated heterocycles. The average molecular weight is 559 g/mol. The molecule has 6 heterocycles. The van der Waals surface area contributed by atoms with E-state index in [1.165, 1.54) is 87.2 Å². The smallest absolute Gasteiger partial charge is 0.0671 e. The minimum atomic E-state index is 0.140. The van der Waals surface area contributed by atoms with Crippen LogP contribution < -0.4 is 5.32 Å².